The summed E-state index contributed by atoms with van der Waals surface area (Å²) in [6.07, 6.45) is 59.7. The molecule has 0 aromatic heterocycles. The lowest BCUT2D eigenvalue weighted by atomic mass is 10.0. The van der Waals surface area contributed by atoms with Crippen LogP contribution in [0.15, 0.2) is 72.9 Å². The summed E-state index contributed by atoms with van der Waals surface area (Å²) in [6.45, 7) is 4.57. The fourth-order valence-corrected chi connectivity index (χ4v) is 7.36. The fourth-order valence-electron chi connectivity index (χ4n) is 7.36. The molecule has 0 aliphatic carbocycles. The molecule has 0 fully saturated rings. The highest BCUT2D eigenvalue weighted by Crippen LogP contribution is 2.15. The van der Waals surface area contributed by atoms with Crippen LogP contribution in [0, 0.1) is 0 Å². The Hall–Kier alpha value is -3.23. The average Bonchev–Trinajstić information content (AvgIpc) is 3.26. The number of carboxylic acid groups (broad SMARTS) is 1. The lowest BCUT2D eigenvalue weighted by Gasteiger charge is -2.31. The molecule has 2 atom stereocenters. The number of quaternary nitrogens is 1. The molecular weight excluding hydrogens is 799 g/mol. The zero-order valence-electron chi connectivity index (χ0n) is 42.0. The number of carboxylic acids is 1. The predicted molar refractivity (Wildman–Crippen MR) is 270 cm³/mol. The van der Waals surface area contributed by atoms with Crippen LogP contribution in [-0.2, 0) is 28.6 Å². The molecule has 368 valence electrons. The maximum atomic E-state index is 12.8. The summed E-state index contributed by atoms with van der Waals surface area (Å²) in [7, 11) is 5.51. The number of hydrogen-bond acceptors (Lipinski definition) is 6. The number of unbranched alkanes of at least 4 members (excludes halogenated alkanes) is 20. The third kappa shape index (κ3) is 44.0. The Kier molecular flexibility index (Phi) is 44.0. The van der Waals surface area contributed by atoms with Gasteiger partial charge in [-0.3, -0.25) is 9.59 Å². The molecule has 0 rings (SSSR count). The summed E-state index contributed by atoms with van der Waals surface area (Å²) in [6, 6.07) is -0.628. The number of allylic oxidation sites excluding steroid dienone is 12. The highest BCUT2D eigenvalue weighted by Gasteiger charge is 2.31. The van der Waals surface area contributed by atoms with Crippen LogP contribution in [0.3, 0.4) is 0 Å². The van der Waals surface area contributed by atoms with Gasteiger partial charge in [-0.15, -0.1) is 0 Å². The van der Waals surface area contributed by atoms with E-state index in [2.05, 4.69) is 86.8 Å². The van der Waals surface area contributed by atoms with Gasteiger partial charge in [-0.2, -0.15) is 0 Å². The Morgan fingerprint density at radius 2 is 0.891 bits per heavy atom. The molecule has 0 aliphatic heterocycles. The van der Waals surface area contributed by atoms with Crippen LogP contribution in [0.2, 0.25) is 0 Å². The first-order valence-electron chi connectivity index (χ1n) is 26.0. The topological polar surface area (TPSA) is 99.1 Å². The van der Waals surface area contributed by atoms with E-state index in [1.54, 1.807) is 0 Å². The zero-order chi connectivity index (χ0) is 47.0. The molecule has 0 spiro atoms. The van der Waals surface area contributed by atoms with E-state index >= 15 is 0 Å². The molecule has 0 radical (unpaired) electrons. The number of hydrogen-bond donors (Lipinski definition) is 1. The molecule has 8 nitrogen and oxygen atoms in total. The molecule has 1 N–H and O–H groups in total. The SMILES string of the molecule is CC/C=C\C/C=C\C/C=C\C/C=C\C/C=C\CCCC(=O)OC(COCCC(C(=O)O)[N+](C)(C)C)COC(=O)CCCCCCCCCCCCC/C=C\CCCCCCCCCC. The second-order valence-electron chi connectivity index (χ2n) is 18.4. The molecule has 64 heavy (non-hydrogen) atoms. The molecular formula is C56H98NO7+. The van der Waals surface area contributed by atoms with Crippen LogP contribution < -0.4 is 0 Å². The summed E-state index contributed by atoms with van der Waals surface area (Å²) >= 11 is 0. The molecule has 0 aromatic carbocycles. The second-order valence-corrected chi connectivity index (χ2v) is 18.4. The number of ether oxygens (including phenoxy) is 3. The first-order chi connectivity index (χ1) is 31.1. The maximum absolute atomic E-state index is 12.8. The van der Waals surface area contributed by atoms with E-state index in [4.69, 9.17) is 14.2 Å². The van der Waals surface area contributed by atoms with Gasteiger partial charge < -0.3 is 23.8 Å². The molecule has 0 heterocycles. The van der Waals surface area contributed by atoms with Gasteiger partial charge in [-0.25, -0.2) is 4.79 Å². The lowest BCUT2D eigenvalue weighted by Crippen LogP contribution is -2.50. The van der Waals surface area contributed by atoms with Gasteiger partial charge in [0.2, 0.25) is 0 Å². The standard InChI is InChI=1S/C56H97NO7/c1-6-8-10-12-14-16-18-20-22-24-25-26-27-28-29-31-32-34-36-38-40-42-44-46-54(58)63-51-52(50-62-49-48-53(56(60)61)57(3,4)5)64-55(59)47-45-43-41-39-37-35-33-30-23-21-19-17-15-13-11-9-7-2/h9,11,15,17,21,23-25,33,35,39,41,52-53H,6-8,10,12-14,16,18-20,22,26-32,34,36-38,40,42-51H2,1-5H3/p+1/b11-9-,17-15-,23-21-,25-24-,35-33-,41-39-. The quantitative estimate of drug-likeness (QED) is 0.0281. The maximum Gasteiger partial charge on any atom is 0.362 e. The second kappa shape index (κ2) is 46.3. The van der Waals surface area contributed by atoms with Crippen molar-refractivity contribution < 1.29 is 38.2 Å². The Balaban J connectivity index is 4.28. The molecule has 0 saturated carbocycles. The van der Waals surface area contributed by atoms with Gasteiger partial charge in [0, 0.05) is 19.3 Å². The minimum absolute atomic E-state index is 0.0358. The fraction of sp³-hybridized carbons (Fsp3) is 0.732. The van der Waals surface area contributed by atoms with Crippen molar-refractivity contribution >= 4 is 17.9 Å². The Labute approximate surface area is 393 Å². The van der Waals surface area contributed by atoms with Crippen LogP contribution in [0.25, 0.3) is 0 Å². The van der Waals surface area contributed by atoms with E-state index in [1.165, 1.54) is 116 Å². The van der Waals surface area contributed by atoms with E-state index in [0.29, 0.717) is 19.3 Å². The van der Waals surface area contributed by atoms with Crippen LogP contribution in [0.5, 0.6) is 0 Å². The summed E-state index contributed by atoms with van der Waals surface area (Å²) in [5.41, 5.74) is 0. The average molecular weight is 897 g/mol. The van der Waals surface area contributed by atoms with Crippen molar-refractivity contribution in [1.29, 1.82) is 0 Å². The highest BCUT2D eigenvalue weighted by molar-refractivity contribution is 5.72. The number of esters is 2. The summed E-state index contributed by atoms with van der Waals surface area (Å²) in [5.74, 6) is -1.54. The number of likely N-dealkylation sites (N-methyl/N-ethyl adjacent to an activating group) is 1. The van der Waals surface area contributed by atoms with E-state index in [1.807, 2.05) is 21.1 Å². The van der Waals surface area contributed by atoms with E-state index in [0.717, 1.165) is 57.8 Å². The van der Waals surface area contributed by atoms with Crippen LogP contribution in [0.4, 0.5) is 0 Å². The first-order valence-corrected chi connectivity index (χ1v) is 26.0. The normalized spacial score (nSPS) is 13.5. The van der Waals surface area contributed by atoms with Crippen molar-refractivity contribution in [1.82, 2.24) is 0 Å². The smallest absolute Gasteiger partial charge is 0.362 e. The number of aliphatic carboxylic acids is 1. The predicted octanol–water partition coefficient (Wildman–Crippen LogP) is 15.1. The van der Waals surface area contributed by atoms with Crippen molar-refractivity contribution in [3.8, 4) is 0 Å². The van der Waals surface area contributed by atoms with E-state index in [-0.39, 0.29) is 42.7 Å². The number of nitrogens with zero attached hydrogens (tertiary/aromatic N) is 1. The minimum atomic E-state index is -0.885. The van der Waals surface area contributed by atoms with Crippen molar-refractivity contribution in [2.75, 3.05) is 41.0 Å². The van der Waals surface area contributed by atoms with Gasteiger partial charge >= 0.3 is 17.9 Å². The molecule has 0 bridgehead atoms. The van der Waals surface area contributed by atoms with E-state index in [9.17, 15) is 19.5 Å². The lowest BCUT2D eigenvalue weighted by molar-refractivity contribution is -0.887. The minimum Gasteiger partial charge on any atom is -0.477 e. The van der Waals surface area contributed by atoms with E-state index < -0.39 is 18.1 Å². The summed E-state index contributed by atoms with van der Waals surface area (Å²) < 4.78 is 17.3. The van der Waals surface area contributed by atoms with Gasteiger partial charge in [0.15, 0.2) is 12.1 Å². The first kappa shape index (κ1) is 60.8. The van der Waals surface area contributed by atoms with Crippen LogP contribution in [-0.4, -0.2) is 80.6 Å². The van der Waals surface area contributed by atoms with Crippen molar-refractivity contribution in [2.24, 2.45) is 0 Å². The number of carbonyl (C=O) groups is 3. The van der Waals surface area contributed by atoms with Crippen LogP contribution >= 0.6 is 0 Å². The van der Waals surface area contributed by atoms with Gasteiger partial charge in [0.1, 0.15) is 6.61 Å². The van der Waals surface area contributed by atoms with Crippen LogP contribution in [0.1, 0.15) is 213 Å². The molecule has 0 saturated heterocycles. The van der Waals surface area contributed by atoms with Crippen molar-refractivity contribution in [3.63, 3.8) is 0 Å². The molecule has 0 aliphatic rings. The summed E-state index contributed by atoms with van der Waals surface area (Å²) in [5, 5.41) is 9.65. The molecule has 8 heteroatoms. The largest absolute Gasteiger partial charge is 0.477 e. The highest BCUT2D eigenvalue weighted by atomic mass is 16.6. The zero-order valence-corrected chi connectivity index (χ0v) is 42.0. The molecule has 2 unspecified atom stereocenters. The Morgan fingerprint density at radius 1 is 0.484 bits per heavy atom. The Morgan fingerprint density at radius 3 is 1.36 bits per heavy atom. The monoisotopic (exact) mass is 897 g/mol. The van der Waals surface area contributed by atoms with Crippen molar-refractivity contribution in [2.45, 2.75) is 225 Å². The summed E-state index contributed by atoms with van der Waals surface area (Å²) in [4.78, 5) is 37.1. The third-order valence-corrected chi connectivity index (χ3v) is 11.3. The number of rotatable bonds is 46. The van der Waals surface area contributed by atoms with Gasteiger partial charge in [0.25, 0.3) is 0 Å². The van der Waals surface area contributed by atoms with Crippen molar-refractivity contribution in [3.05, 3.63) is 72.9 Å². The third-order valence-electron chi connectivity index (χ3n) is 11.3. The molecule has 0 amide bonds. The van der Waals surface area contributed by atoms with Gasteiger partial charge in [0.05, 0.1) is 34.4 Å². The van der Waals surface area contributed by atoms with Gasteiger partial charge in [-0.05, 0) is 77.0 Å². The Bertz CT molecular complexity index is 1270. The number of carbonyl (C=O) groups excluding carboxylic acids is 2. The molecule has 0 aromatic rings. The van der Waals surface area contributed by atoms with Gasteiger partial charge in [-0.1, -0.05) is 189 Å².